The van der Waals surface area contributed by atoms with Crippen molar-refractivity contribution in [2.24, 2.45) is 5.92 Å². The molecule has 1 N–H and O–H groups in total. The van der Waals surface area contributed by atoms with Gasteiger partial charge >= 0.3 is 18.0 Å². The lowest BCUT2D eigenvalue weighted by Crippen LogP contribution is -2.55. The van der Waals surface area contributed by atoms with E-state index in [0.29, 0.717) is 12.8 Å². The average Bonchev–Trinajstić information content (AvgIpc) is 2.59. The van der Waals surface area contributed by atoms with Crippen molar-refractivity contribution in [2.75, 3.05) is 13.7 Å². The number of carbonyl (C=O) groups is 3. The summed E-state index contributed by atoms with van der Waals surface area (Å²) in [6.45, 7) is 0.281. The van der Waals surface area contributed by atoms with E-state index in [-0.39, 0.29) is 13.2 Å². The number of hydrogen-bond donors (Lipinski definition) is 1. The fourth-order valence-corrected chi connectivity index (χ4v) is 2.71. The quantitative estimate of drug-likeness (QED) is 0.848. The molecule has 1 amide bonds. The van der Waals surface area contributed by atoms with E-state index in [2.05, 4.69) is 4.74 Å². The minimum Gasteiger partial charge on any atom is -0.480 e. The Hall–Kier alpha value is -2.57. The summed E-state index contributed by atoms with van der Waals surface area (Å²) in [6, 6.07) is 7.82. The van der Waals surface area contributed by atoms with Crippen molar-refractivity contribution in [2.45, 2.75) is 25.5 Å². The van der Waals surface area contributed by atoms with Gasteiger partial charge < -0.3 is 14.6 Å². The first kappa shape index (κ1) is 16.8. The first-order valence-corrected chi connectivity index (χ1v) is 7.32. The Bertz CT molecular complexity index is 573. The van der Waals surface area contributed by atoms with Crippen LogP contribution >= 0.6 is 0 Å². The molecule has 2 atom stereocenters. The van der Waals surface area contributed by atoms with Crippen LogP contribution in [0.5, 0.6) is 0 Å². The minimum absolute atomic E-state index is 0.0470. The number of benzene rings is 1. The molecule has 0 unspecified atom stereocenters. The van der Waals surface area contributed by atoms with Gasteiger partial charge in [-0.25, -0.2) is 9.59 Å². The smallest absolute Gasteiger partial charge is 0.410 e. The predicted octanol–water partition coefficient (Wildman–Crippen LogP) is 1.66. The summed E-state index contributed by atoms with van der Waals surface area (Å²) < 4.78 is 9.83. The van der Waals surface area contributed by atoms with Crippen LogP contribution in [0.2, 0.25) is 0 Å². The topological polar surface area (TPSA) is 93.1 Å². The van der Waals surface area contributed by atoms with E-state index in [1.54, 1.807) is 12.1 Å². The maximum atomic E-state index is 12.2. The zero-order chi connectivity index (χ0) is 16.8. The maximum Gasteiger partial charge on any atom is 0.410 e. The zero-order valence-corrected chi connectivity index (χ0v) is 12.8. The summed E-state index contributed by atoms with van der Waals surface area (Å²) >= 11 is 0. The van der Waals surface area contributed by atoms with Crippen LogP contribution in [-0.4, -0.2) is 47.7 Å². The summed E-state index contributed by atoms with van der Waals surface area (Å²) in [4.78, 5) is 36.6. The van der Waals surface area contributed by atoms with Gasteiger partial charge in [0.05, 0.1) is 13.0 Å². The van der Waals surface area contributed by atoms with Gasteiger partial charge in [-0.3, -0.25) is 9.69 Å². The summed E-state index contributed by atoms with van der Waals surface area (Å²) in [5.41, 5.74) is 0.800. The molecule has 0 radical (unpaired) electrons. The van der Waals surface area contributed by atoms with Crippen molar-refractivity contribution in [1.82, 2.24) is 4.90 Å². The van der Waals surface area contributed by atoms with Crippen molar-refractivity contribution in [3.63, 3.8) is 0 Å². The molecule has 23 heavy (non-hydrogen) atoms. The molecule has 7 nitrogen and oxygen atoms in total. The van der Waals surface area contributed by atoms with Crippen LogP contribution in [0.15, 0.2) is 30.3 Å². The standard InChI is InChI=1S/C16H19NO6/c1-22-15(20)12-8-5-9-17(13(12)14(18)19)16(21)23-10-11-6-3-2-4-7-11/h2-4,6-7,12-13H,5,8-10H2,1H3,(H,18,19)/t12-,13+/m0/s1. The Labute approximate surface area is 133 Å². The van der Waals surface area contributed by atoms with Gasteiger partial charge in [0.1, 0.15) is 12.6 Å². The average molecular weight is 321 g/mol. The highest BCUT2D eigenvalue weighted by atomic mass is 16.6. The Morgan fingerprint density at radius 2 is 1.96 bits per heavy atom. The van der Waals surface area contributed by atoms with Crippen LogP contribution in [0.3, 0.4) is 0 Å². The van der Waals surface area contributed by atoms with Crippen molar-refractivity contribution < 1.29 is 29.0 Å². The third-order valence-electron chi connectivity index (χ3n) is 3.83. The number of esters is 1. The van der Waals surface area contributed by atoms with Gasteiger partial charge in [0.15, 0.2) is 0 Å². The van der Waals surface area contributed by atoms with Crippen LogP contribution in [0.1, 0.15) is 18.4 Å². The Morgan fingerprint density at radius 3 is 2.57 bits per heavy atom. The van der Waals surface area contributed by atoms with Crippen molar-refractivity contribution >= 4 is 18.0 Å². The second-order valence-electron chi connectivity index (χ2n) is 5.29. The molecule has 0 saturated carbocycles. The fourth-order valence-electron chi connectivity index (χ4n) is 2.71. The lowest BCUT2D eigenvalue weighted by Gasteiger charge is -2.36. The molecule has 1 aliphatic rings. The predicted molar refractivity (Wildman–Crippen MR) is 79.5 cm³/mol. The van der Waals surface area contributed by atoms with Gasteiger partial charge in [0.25, 0.3) is 0 Å². The molecular weight excluding hydrogens is 302 g/mol. The van der Waals surface area contributed by atoms with Crippen LogP contribution in [0, 0.1) is 5.92 Å². The van der Waals surface area contributed by atoms with E-state index in [1.807, 2.05) is 18.2 Å². The number of ether oxygens (including phenoxy) is 2. The van der Waals surface area contributed by atoms with Crippen LogP contribution in [-0.2, 0) is 25.7 Å². The van der Waals surface area contributed by atoms with Gasteiger partial charge in [-0.05, 0) is 18.4 Å². The largest absolute Gasteiger partial charge is 0.480 e. The number of likely N-dealkylation sites (tertiary alicyclic amines) is 1. The number of rotatable bonds is 4. The molecule has 2 rings (SSSR count). The number of piperidine rings is 1. The number of carbonyl (C=O) groups excluding carboxylic acids is 2. The highest BCUT2D eigenvalue weighted by Gasteiger charge is 2.44. The zero-order valence-electron chi connectivity index (χ0n) is 12.8. The monoisotopic (exact) mass is 321 g/mol. The number of carboxylic acid groups (broad SMARTS) is 1. The first-order chi connectivity index (χ1) is 11.0. The first-order valence-electron chi connectivity index (χ1n) is 7.32. The summed E-state index contributed by atoms with van der Waals surface area (Å²) in [6.07, 6.45) is 0.144. The third-order valence-corrected chi connectivity index (χ3v) is 3.83. The lowest BCUT2D eigenvalue weighted by atomic mass is 9.89. The molecular formula is C16H19NO6. The van der Waals surface area contributed by atoms with E-state index < -0.39 is 30.0 Å². The van der Waals surface area contributed by atoms with Crippen LogP contribution in [0.25, 0.3) is 0 Å². The Morgan fingerprint density at radius 1 is 1.26 bits per heavy atom. The molecule has 1 aliphatic heterocycles. The molecule has 0 aromatic heterocycles. The number of amides is 1. The normalized spacial score (nSPS) is 20.7. The number of methoxy groups -OCH3 is 1. The molecule has 124 valence electrons. The molecule has 0 bridgehead atoms. The van der Waals surface area contributed by atoms with Crippen molar-refractivity contribution in [3.05, 3.63) is 35.9 Å². The van der Waals surface area contributed by atoms with Crippen LogP contribution < -0.4 is 0 Å². The number of nitrogens with zero attached hydrogens (tertiary/aromatic N) is 1. The molecule has 1 aromatic carbocycles. The van der Waals surface area contributed by atoms with Gasteiger partial charge in [0.2, 0.25) is 0 Å². The summed E-state index contributed by atoms with van der Waals surface area (Å²) in [5.74, 6) is -2.75. The van der Waals surface area contributed by atoms with Gasteiger partial charge in [-0.2, -0.15) is 0 Å². The SMILES string of the molecule is COC(=O)[C@H]1CCCN(C(=O)OCc2ccccc2)[C@H]1C(=O)O. The van der Waals surface area contributed by atoms with Gasteiger partial charge in [-0.1, -0.05) is 30.3 Å². The number of carboxylic acids is 1. The summed E-state index contributed by atoms with van der Waals surface area (Å²) in [5, 5.41) is 9.40. The third kappa shape index (κ3) is 4.00. The Kier molecular flexibility index (Phi) is 5.56. The van der Waals surface area contributed by atoms with E-state index in [1.165, 1.54) is 7.11 Å². The molecule has 1 saturated heterocycles. The van der Waals surface area contributed by atoms with Crippen LogP contribution in [0.4, 0.5) is 4.79 Å². The van der Waals surface area contributed by atoms with Gasteiger partial charge in [-0.15, -0.1) is 0 Å². The highest BCUT2D eigenvalue weighted by molar-refractivity contribution is 5.87. The van der Waals surface area contributed by atoms with E-state index >= 15 is 0 Å². The maximum absolute atomic E-state index is 12.2. The number of aliphatic carboxylic acids is 1. The fraction of sp³-hybridized carbons (Fsp3) is 0.438. The molecule has 0 spiro atoms. The van der Waals surface area contributed by atoms with Crippen molar-refractivity contribution in [1.29, 1.82) is 0 Å². The van der Waals surface area contributed by atoms with E-state index in [0.717, 1.165) is 10.5 Å². The van der Waals surface area contributed by atoms with Crippen molar-refractivity contribution in [3.8, 4) is 0 Å². The molecule has 0 aliphatic carbocycles. The second-order valence-corrected chi connectivity index (χ2v) is 5.29. The Balaban J connectivity index is 2.07. The van der Waals surface area contributed by atoms with Gasteiger partial charge in [0, 0.05) is 6.54 Å². The lowest BCUT2D eigenvalue weighted by molar-refractivity contribution is -0.159. The molecule has 1 fully saturated rings. The molecule has 1 heterocycles. The van der Waals surface area contributed by atoms with E-state index in [9.17, 15) is 19.5 Å². The molecule has 1 aromatic rings. The van der Waals surface area contributed by atoms with E-state index in [4.69, 9.17) is 4.74 Å². The summed E-state index contributed by atoms with van der Waals surface area (Å²) in [7, 11) is 1.20. The number of hydrogen-bond acceptors (Lipinski definition) is 5. The second kappa shape index (κ2) is 7.62. The highest BCUT2D eigenvalue weighted by Crippen LogP contribution is 2.26. The molecule has 7 heteroatoms. The minimum atomic E-state index is -1.26.